The van der Waals surface area contributed by atoms with Crippen LogP contribution in [0.25, 0.3) is 0 Å². The summed E-state index contributed by atoms with van der Waals surface area (Å²) >= 11 is 1.18. The van der Waals surface area contributed by atoms with Crippen LogP contribution in [0.3, 0.4) is 0 Å². The van der Waals surface area contributed by atoms with Crippen LogP contribution in [0.15, 0.2) is 23.1 Å². The largest absolute Gasteiger partial charge is 0.457 e. The zero-order chi connectivity index (χ0) is 12.2. The van der Waals surface area contributed by atoms with Crippen LogP contribution in [0, 0.1) is 11.3 Å². The maximum Gasteiger partial charge on any atom is 0.372 e. The molecule has 90 valence electrons. The molecule has 2 nitrogen and oxygen atoms in total. The van der Waals surface area contributed by atoms with E-state index in [0.29, 0.717) is 12.5 Å². The number of hydrogen-bond acceptors (Lipinski definition) is 3. The average molecular weight is 240 g/mol. The van der Waals surface area contributed by atoms with Crippen molar-refractivity contribution < 1.29 is 9.53 Å². The lowest BCUT2D eigenvalue weighted by molar-refractivity contribution is 0.129. The van der Waals surface area contributed by atoms with Crippen LogP contribution in [0.5, 0.6) is 0 Å². The van der Waals surface area contributed by atoms with Gasteiger partial charge in [-0.2, -0.15) is 0 Å². The normalized spacial score (nSPS) is 20.5. The molecule has 0 spiro atoms. The van der Waals surface area contributed by atoms with E-state index >= 15 is 0 Å². The molecule has 0 aliphatic heterocycles. The van der Waals surface area contributed by atoms with Crippen LogP contribution < -0.4 is 0 Å². The minimum Gasteiger partial charge on any atom is -0.457 e. The smallest absolute Gasteiger partial charge is 0.372 e. The molecule has 0 aromatic rings. The van der Waals surface area contributed by atoms with Crippen molar-refractivity contribution in [2.24, 2.45) is 11.3 Å². The molecule has 16 heavy (non-hydrogen) atoms. The highest BCUT2D eigenvalue weighted by Gasteiger charge is 2.15. The molecule has 3 heteroatoms. The third-order valence-electron chi connectivity index (χ3n) is 2.06. The van der Waals surface area contributed by atoms with Gasteiger partial charge in [0.25, 0.3) is 0 Å². The van der Waals surface area contributed by atoms with Gasteiger partial charge in [0.1, 0.15) is 0 Å². The van der Waals surface area contributed by atoms with Crippen LogP contribution in [0.1, 0.15) is 34.1 Å². The molecule has 1 unspecified atom stereocenters. The van der Waals surface area contributed by atoms with E-state index in [2.05, 4.69) is 19.1 Å². The second-order valence-corrected chi connectivity index (χ2v) is 6.39. The first-order chi connectivity index (χ1) is 7.37. The summed E-state index contributed by atoms with van der Waals surface area (Å²) in [7, 11) is 0. The van der Waals surface area contributed by atoms with Crippen LogP contribution in [-0.4, -0.2) is 11.9 Å². The summed E-state index contributed by atoms with van der Waals surface area (Å²) in [6, 6.07) is 0. The predicted octanol–water partition coefficient (Wildman–Crippen LogP) is 4.38. The van der Waals surface area contributed by atoms with Gasteiger partial charge in [-0.25, -0.2) is 4.79 Å². The molecule has 0 fully saturated rings. The highest BCUT2D eigenvalue weighted by molar-refractivity contribution is 8.16. The van der Waals surface area contributed by atoms with Gasteiger partial charge in [-0.15, -0.1) is 0 Å². The zero-order valence-electron chi connectivity index (χ0n) is 10.4. The highest BCUT2D eigenvalue weighted by atomic mass is 32.2. The van der Waals surface area contributed by atoms with Gasteiger partial charge in [-0.1, -0.05) is 45.9 Å². The molecule has 0 aromatic heterocycles. The topological polar surface area (TPSA) is 26.3 Å². The summed E-state index contributed by atoms with van der Waals surface area (Å²) < 4.78 is 5.19. The van der Waals surface area contributed by atoms with E-state index in [-0.39, 0.29) is 10.7 Å². The average Bonchev–Trinajstić information content (AvgIpc) is 2.14. The Labute approximate surface area is 102 Å². The maximum atomic E-state index is 11.5. The minimum absolute atomic E-state index is 0.0281. The van der Waals surface area contributed by atoms with Crippen molar-refractivity contribution in [3.05, 3.63) is 23.1 Å². The van der Waals surface area contributed by atoms with Gasteiger partial charge >= 0.3 is 5.30 Å². The highest BCUT2D eigenvalue weighted by Crippen LogP contribution is 2.27. The summed E-state index contributed by atoms with van der Waals surface area (Å²) in [6.07, 6.45) is 7.26. The van der Waals surface area contributed by atoms with Crippen LogP contribution in [-0.2, 0) is 4.74 Å². The SMILES string of the molecule is CC1C=C(SC(=O)OCC(C)(C)C)C=CC1. The molecular weight excluding hydrogens is 220 g/mol. The fraction of sp³-hybridized carbons (Fsp3) is 0.615. The summed E-state index contributed by atoms with van der Waals surface area (Å²) in [6.45, 7) is 8.75. The number of rotatable bonds is 2. The molecule has 0 saturated carbocycles. The van der Waals surface area contributed by atoms with E-state index in [1.807, 2.05) is 26.8 Å². The Balaban J connectivity index is 2.37. The van der Waals surface area contributed by atoms with E-state index in [1.54, 1.807) is 0 Å². The van der Waals surface area contributed by atoms with E-state index < -0.39 is 0 Å². The summed E-state index contributed by atoms with van der Waals surface area (Å²) in [4.78, 5) is 12.5. The Bertz CT molecular complexity index is 310. The first-order valence-electron chi connectivity index (χ1n) is 5.60. The van der Waals surface area contributed by atoms with Crippen molar-refractivity contribution in [1.82, 2.24) is 0 Å². The molecule has 0 saturated heterocycles. The third kappa shape index (κ3) is 5.40. The predicted molar refractivity (Wildman–Crippen MR) is 69.4 cm³/mol. The fourth-order valence-electron chi connectivity index (χ4n) is 1.27. The van der Waals surface area contributed by atoms with Gasteiger partial charge in [-0.05, 0) is 29.5 Å². The Morgan fingerprint density at radius 3 is 2.81 bits per heavy atom. The van der Waals surface area contributed by atoms with E-state index in [4.69, 9.17) is 4.74 Å². The molecule has 0 amide bonds. The van der Waals surface area contributed by atoms with Crippen molar-refractivity contribution in [1.29, 1.82) is 0 Å². The quantitative estimate of drug-likeness (QED) is 0.670. The second-order valence-electron chi connectivity index (χ2n) is 5.39. The van der Waals surface area contributed by atoms with Crippen LogP contribution >= 0.6 is 11.8 Å². The van der Waals surface area contributed by atoms with Crippen molar-refractivity contribution >= 4 is 17.1 Å². The van der Waals surface area contributed by atoms with Crippen molar-refractivity contribution in [2.45, 2.75) is 34.1 Å². The standard InChI is InChI=1S/C13H20O2S/c1-10-6-5-7-11(8-10)16-12(14)15-9-13(2,3)4/h5,7-8,10H,6,9H2,1-4H3. The molecule has 0 heterocycles. The number of thioether (sulfide) groups is 1. The molecule has 1 rings (SSSR count). The molecule has 1 atom stereocenters. The number of hydrogen-bond donors (Lipinski definition) is 0. The molecule has 0 N–H and O–H groups in total. The van der Waals surface area contributed by atoms with Crippen molar-refractivity contribution in [2.75, 3.05) is 6.61 Å². The van der Waals surface area contributed by atoms with Gasteiger partial charge < -0.3 is 4.74 Å². The van der Waals surface area contributed by atoms with Crippen LogP contribution in [0.4, 0.5) is 4.79 Å². The monoisotopic (exact) mass is 240 g/mol. The van der Waals surface area contributed by atoms with Gasteiger partial charge in [0.2, 0.25) is 0 Å². The third-order valence-corrected chi connectivity index (χ3v) is 2.86. The molecule has 0 radical (unpaired) electrons. The maximum absolute atomic E-state index is 11.5. The van der Waals surface area contributed by atoms with Gasteiger partial charge in [0, 0.05) is 4.91 Å². The van der Waals surface area contributed by atoms with E-state index in [9.17, 15) is 4.79 Å². The number of carbonyl (C=O) groups excluding carboxylic acids is 1. The lowest BCUT2D eigenvalue weighted by Gasteiger charge is -2.18. The summed E-state index contributed by atoms with van der Waals surface area (Å²) in [5.74, 6) is 0.517. The molecule has 0 aromatic carbocycles. The number of ether oxygens (including phenoxy) is 1. The molecule has 0 bridgehead atoms. The number of allylic oxidation sites excluding steroid dienone is 3. The molecule has 1 aliphatic rings. The van der Waals surface area contributed by atoms with Crippen molar-refractivity contribution in [3.8, 4) is 0 Å². The van der Waals surface area contributed by atoms with Gasteiger partial charge in [-0.3, -0.25) is 0 Å². The number of carbonyl (C=O) groups is 1. The lowest BCUT2D eigenvalue weighted by atomic mass is 9.99. The summed E-state index contributed by atoms with van der Waals surface area (Å²) in [5, 5.41) is -0.208. The Hall–Kier alpha value is -0.700. The van der Waals surface area contributed by atoms with Crippen molar-refractivity contribution in [3.63, 3.8) is 0 Å². The Morgan fingerprint density at radius 2 is 2.25 bits per heavy atom. The zero-order valence-corrected chi connectivity index (χ0v) is 11.3. The van der Waals surface area contributed by atoms with Gasteiger partial charge in [0.05, 0.1) is 6.61 Å². The van der Waals surface area contributed by atoms with Crippen LogP contribution in [0.2, 0.25) is 0 Å². The minimum atomic E-state index is -0.208. The Morgan fingerprint density at radius 1 is 1.56 bits per heavy atom. The van der Waals surface area contributed by atoms with E-state index in [1.165, 1.54) is 11.8 Å². The first kappa shape index (κ1) is 13.4. The molecule has 1 aliphatic carbocycles. The van der Waals surface area contributed by atoms with E-state index in [0.717, 1.165) is 11.3 Å². The molecular formula is C13H20O2S. The lowest BCUT2D eigenvalue weighted by Crippen LogP contribution is -2.16. The Kier molecular flexibility index (Phi) is 4.66. The second kappa shape index (κ2) is 5.58. The van der Waals surface area contributed by atoms with Gasteiger partial charge in [0.15, 0.2) is 0 Å². The first-order valence-corrected chi connectivity index (χ1v) is 6.41. The summed E-state index contributed by atoms with van der Waals surface area (Å²) in [5.41, 5.74) is 0.0281. The fourth-order valence-corrected chi connectivity index (χ4v) is 2.05.